The van der Waals surface area contributed by atoms with Gasteiger partial charge in [0.05, 0.1) is 0 Å². The first kappa shape index (κ1) is 21.9. The van der Waals surface area contributed by atoms with Gasteiger partial charge in [-0.2, -0.15) is 0 Å². The number of benzene rings is 2. The van der Waals surface area contributed by atoms with E-state index in [0.29, 0.717) is 24.3 Å². The Kier molecular flexibility index (Phi) is 6.07. The number of ether oxygens (including phenoxy) is 1. The van der Waals surface area contributed by atoms with Crippen LogP contribution in [0.1, 0.15) is 28.4 Å². The predicted octanol–water partition coefficient (Wildman–Crippen LogP) is 0.195. The minimum absolute atomic E-state index is 0.00252. The zero-order chi connectivity index (χ0) is 22.8. The predicted molar refractivity (Wildman–Crippen MR) is 120 cm³/mol. The van der Waals surface area contributed by atoms with Crippen molar-refractivity contribution in [3.63, 3.8) is 0 Å². The van der Waals surface area contributed by atoms with E-state index in [1.165, 1.54) is 6.92 Å². The van der Waals surface area contributed by atoms with Crippen LogP contribution in [0.5, 0.6) is 0 Å². The van der Waals surface area contributed by atoms with E-state index in [9.17, 15) is 9.18 Å². The zero-order valence-corrected chi connectivity index (χ0v) is 20.2. The van der Waals surface area contributed by atoms with Gasteiger partial charge in [0.2, 0.25) is 0 Å². The summed E-state index contributed by atoms with van der Waals surface area (Å²) >= 11 is -0.538. The molecule has 0 fully saturated rings. The van der Waals surface area contributed by atoms with Crippen molar-refractivity contribution in [2.24, 2.45) is 3.21 Å². The molecule has 0 saturated carbocycles. The molecule has 168 valence electrons. The summed E-state index contributed by atoms with van der Waals surface area (Å²) in [6.45, 7) is 2.21. The van der Waals surface area contributed by atoms with Crippen molar-refractivity contribution in [3.05, 3.63) is 97.7 Å². The fourth-order valence-corrected chi connectivity index (χ4v) is 5.50. The summed E-state index contributed by atoms with van der Waals surface area (Å²) in [7, 11) is 0. The number of fused-ring (bicyclic) bond motifs is 2. The average molecular weight is 554 g/mol. The van der Waals surface area contributed by atoms with Crippen LogP contribution in [0.2, 0.25) is 0 Å². The van der Waals surface area contributed by atoms with E-state index >= 15 is 0 Å². The summed E-state index contributed by atoms with van der Waals surface area (Å²) in [5, 5.41) is 4.64. The maximum absolute atomic E-state index is 14.8. The van der Waals surface area contributed by atoms with Crippen LogP contribution in [0.3, 0.4) is 0 Å². The van der Waals surface area contributed by atoms with Crippen LogP contribution in [0.15, 0.2) is 73.5 Å². The standard InChI is InChI=1S/C26H22FIN3O2/c1-26(27)16-33-15-20-8-7-19(12-21(20)26)25(32)29-14-17-11-24-23(31-28-13-17)10-9-22(30-24)18-5-3-2-4-6-18/h2-13H,14-16H2,1H3,(H,29,32)/q-1/t26-/m1/s1. The summed E-state index contributed by atoms with van der Waals surface area (Å²) < 4.78 is 26.9. The molecular formula is C26H22FIN3O2-. The summed E-state index contributed by atoms with van der Waals surface area (Å²) in [5.41, 5.74) is 3.06. The Morgan fingerprint density at radius 2 is 2.03 bits per heavy atom. The average Bonchev–Trinajstić information content (AvgIpc) is 3.04. The number of rotatable bonds is 4. The molecular weight excluding hydrogens is 532 g/mol. The Morgan fingerprint density at radius 3 is 2.88 bits per heavy atom. The SMILES string of the molecule is C[C@@]1(F)COCc2ccc(C(=O)NCC3=C[I-]N=c4ccc(-c5ccccc5)nc4=C3)cc21. The molecule has 0 aliphatic carbocycles. The quantitative estimate of drug-likeness (QED) is 0.469. The van der Waals surface area contributed by atoms with Crippen LogP contribution in [0.4, 0.5) is 4.39 Å². The van der Waals surface area contributed by atoms with Crippen molar-refractivity contribution >= 4 is 12.0 Å². The molecule has 7 heteroatoms. The third-order valence-corrected chi connectivity index (χ3v) is 7.52. The molecule has 1 N–H and O–H groups in total. The van der Waals surface area contributed by atoms with E-state index in [1.54, 1.807) is 18.2 Å². The van der Waals surface area contributed by atoms with Gasteiger partial charge in [0.25, 0.3) is 0 Å². The summed E-state index contributed by atoms with van der Waals surface area (Å²) in [6.07, 6.45) is 1.99. The first-order valence-electron chi connectivity index (χ1n) is 10.6. The Morgan fingerprint density at radius 1 is 1.18 bits per heavy atom. The number of alkyl halides is 1. The van der Waals surface area contributed by atoms with Gasteiger partial charge in [-0.3, -0.25) is 0 Å². The van der Waals surface area contributed by atoms with E-state index in [4.69, 9.17) is 12.9 Å². The molecule has 0 unspecified atom stereocenters. The van der Waals surface area contributed by atoms with Gasteiger partial charge >= 0.3 is 202 Å². The second-order valence-electron chi connectivity index (χ2n) is 8.22. The number of pyridine rings is 1. The topological polar surface area (TPSA) is 63.6 Å². The number of hydrogen-bond acceptors (Lipinski definition) is 4. The summed E-state index contributed by atoms with van der Waals surface area (Å²) in [6, 6.07) is 19.1. The Balaban J connectivity index is 1.35. The van der Waals surface area contributed by atoms with Gasteiger partial charge in [0.1, 0.15) is 0 Å². The maximum atomic E-state index is 14.8. The second-order valence-corrected chi connectivity index (χ2v) is 9.88. The molecule has 1 amide bonds. The first-order chi connectivity index (χ1) is 16.0. The number of hydrogen-bond donors (Lipinski definition) is 1. The van der Waals surface area contributed by atoms with E-state index in [1.807, 2.05) is 48.5 Å². The van der Waals surface area contributed by atoms with Crippen molar-refractivity contribution in [1.82, 2.24) is 10.3 Å². The molecule has 2 aliphatic heterocycles. The van der Waals surface area contributed by atoms with Crippen molar-refractivity contribution in [2.45, 2.75) is 19.2 Å². The van der Waals surface area contributed by atoms with Crippen LogP contribution < -0.4 is 37.5 Å². The molecule has 33 heavy (non-hydrogen) atoms. The van der Waals surface area contributed by atoms with E-state index in [2.05, 4.69) is 9.40 Å². The van der Waals surface area contributed by atoms with Crippen LogP contribution >= 0.6 is 0 Å². The fourth-order valence-electron chi connectivity index (χ4n) is 3.89. The van der Waals surface area contributed by atoms with Crippen LogP contribution in [-0.2, 0) is 17.0 Å². The van der Waals surface area contributed by atoms with Gasteiger partial charge in [0, 0.05) is 0 Å². The van der Waals surface area contributed by atoms with E-state index in [0.717, 1.165) is 33.1 Å². The van der Waals surface area contributed by atoms with Crippen molar-refractivity contribution in [3.8, 4) is 11.3 Å². The summed E-state index contributed by atoms with van der Waals surface area (Å²) in [5.74, 6) is -0.236. The first-order valence-corrected chi connectivity index (χ1v) is 12.8. The molecule has 0 bridgehead atoms. The van der Waals surface area contributed by atoms with E-state index < -0.39 is 27.1 Å². The molecule has 0 spiro atoms. The number of carbonyl (C=O) groups is 1. The van der Waals surface area contributed by atoms with Gasteiger partial charge in [0.15, 0.2) is 0 Å². The van der Waals surface area contributed by atoms with Gasteiger partial charge in [-0.15, -0.1) is 0 Å². The second kappa shape index (κ2) is 9.15. The molecule has 2 aromatic carbocycles. The molecule has 2 aliphatic rings. The van der Waals surface area contributed by atoms with Gasteiger partial charge in [-0.1, -0.05) is 0 Å². The molecule has 1 aromatic heterocycles. The van der Waals surface area contributed by atoms with Crippen LogP contribution in [0.25, 0.3) is 17.3 Å². The Hall–Kier alpha value is -2.91. The third-order valence-electron chi connectivity index (χ3n) is 5.64. The van der Waals surface area contributed by atoms with Gasteiger partial charge < -0.3 is 0 Å². The Bertz CT molecular complexity index is 1370. The molecule has 0 saturated heterocycles. The number of carbonyl (C=O) groups excluding carboxylic acids is 1. The zero-order valence-electron chi connectivity index (χ0n) is 18.0. The van der Waals surface area contributed by atoms with E-state index in [-0.39, 0.29) is 12.5 Å². The molecule has 5 rings (SSSR count). The number of nitrogens with one attached hydrogen (secondary N) is 1. The van der Waals surface area contributed by atoms with Crippen molar-refractivity contribution in [2.75, 3.05) is 13.2 Å². The van der Waals surface area contributed by atoms with Crippen molar-refractivity contribution < 1.29 is 35.4 Å². The molecule has 5 nitrogen and oxygen atoms in total. The monoisotopic (exact) mass is 554 g/mol. The van der Waals surface area contributed by atoms with Gasteiger partial charge in [-0.05, 0) is 0 Å². The van der Waals surface area contributed by atoms with Crippen LogP contribution in [-0.4, -0.2) is 24.0 Å². The molecule has 1 atom stereocenters. The number of halogens is 2. The van der Waals surface area contributed by atoms with Gasteiger partial charge in [-0.25, -0.2) is 0 Å². The number of nitrogens with zero attached hydrogens (tertiary/aromatic N) is 2. The fraction of sp³-hybridized carbons (Fsp3) is 0.192. The molecule has 3 aromatic rings. The molecule has 0 radical (unpaired) electrons. The number of aromatic nitrogens is 1. The normalized spacial score (nSPS) is 19.4. The number of amides is 1. The van der Waals surface area contributed by atoms with Crippen molar-refractivity contribution in [1.29, 1.82) is 0 Å². The molecule has 3 heterocycles. The third kappa shape index (κ3) is 4.74. The Labute approximate surface area is 201 Å². The van der Waals surface area contributed by atoms with Crippen LogP contribution in [0, 0.1) is 0 Å². The summed E-state index contributed by atoms with van der Waals surface area (Å²) in [4.78, 5) is 17.6. The minimum atomic E-state index is -1.60.